The number of nitrogens with zero attached hydrogens (tertiary/aromatic N) is 1. The zero-order chi connectivity index (χ0) is 21.4. The first kappa shape index (κ1) is 19.4. The van der Waals surface area contributed by atoms with Crippen molar-refractivity contribution < 1.29 is 28.6 Å². The molecule has 3 heterocycles. The lowest BCUT2D eigenvalue weighted by molar-refractivity contribution is -0.136. The molecule has 5 rings (SSSR count). The second kappa shape index (κ2) is 7.94. The number of amides is 2. The van der Waals surface area contributed by atoms with Gasteiger partial charge in [-0.15, -0.1) is 0 Å². The van der Waals surface area contributed by atoms with Crippen LogP contribution < -0.4 is 14.8 Å². The van der Waals surface area contributed by atoms with Gasteiger partial charge < -0.3 is 24.4 Å². The van der Waals surface area contributed by atoms with E-state index in [0.717, 1.165) is 5.56 Å². The van der Waals surface area contributed by atoms with Crippen LogP contribution >= 0.6 is 0 Å². The average Bonchev–Trinajstić information content (AvgIpc) is 3.38. The predicted octanol–water partition coefficient (Wildman–Crippen LogP) is 2.89. The molecule has 2 aromatic carbocycles. The van der Waals surface area contributed by atoms with Crippen LogP contribution in [0, 0.1) is 5.92 Å². The maximum Gasteiger partial charge on any atom is 0.339 e. The van der Waals surface area contributed by atoms with Gasteiger partial charge in [-0.05, 0) is 31.0 Å². The monoisotopic (exact) mass is 422 g/mol. The Bertz CT molecular complexity index is 1040. The standard InChI is InChI=1S/C23H22N2O6/c26-21(12-19-16-3-1-2-4-17(16)23(28)31-19)25-9-7-14(8-10-25)22(27)24-15-5-6-18-20(11-15)30-13-29-18/h1-6,11,14,19H,7-10,12-13H2,(H,24,27)/t19-/m0/s1. The Hall–Kier alpha value is -3.55. The van der Waals surface area contributed by atoms with Crippen molar-refractivity contribution in [1.82, 2.24) is 4.90 Å². The van der Waals surface area contributed by atoms with E-state index in [1.165, 1.54) is 0 Å². The maximum absolute atomic E-state index is 12.8. The second-order valence-corrected chi connectivity index (χ2v) is 7.90. The molecule has 3 aliphatic rings. The first-order valence-corrected chi connectivity index (χ1v) is 10.4. The molecular formula is C23H22N2O6. The molecule has 1 atom stereocenters. The van der Waals surface area contributed by atoms with Gasteiger partial charge in [-0.3, -0.25) is 9.59 Å². The van der Waals surface area contributed by atoms with Crippen molar-refractivity contribution in [1.29, 1.82) is 0 Å². The molecule has 0 aromatic heterocycles. The minimum Gasteiger partial charge on any atom is -0.454 e. The molecular weight excluding hydrogens is 400 g/mol. The molecule has 0 spiro atoms. The van der Waals surface area contributed by atoms with Gasteiger partial charge in [0, 0.05) is 36.3 Å². The SMILES string of the molecule is O=C1O[C@@H](CC(=O)N2CCC(C(=O)Nc3ccc4c(c3)OCO4)CC2)c2ccccc21. The largest absolute Gasteiger partial charge is 0.454 e. The van der Waals surface area contributed by atoms with Crippen LogP contribution in [0.5, 0.6) is 11.5 Å². The van der Waals surface area contributed by atoms with E-state index in [4.69, 9.17) is 14.2 Å². The van der Waals surface area contributed by atoms with Gasteiger partial charge in [0.25, 0.3) is 0 Å². The summed E-state index contributed by atoms with van der Waals surface area (Å²) in [6.45, 7) is 1.19. The number of hydrogen-bond acceptors (Lipinski definition) is 6. The van der Waals surface area contributed by atoms with Gasteiger partial charge in [0.05, 0.1) is 12.0 Å². The van der Waals surface area contributed by atoms with Crippen LogP contribution in [-0.2, 0) is 14.3 Å². The summed E-state index contributed by atoms with van der Waals surface area (Å²) in [5, 5.41) is 2.92. The lowest BCUT2D eigenvalue weighted by Crippen LogP contribution is -2.41. The molecule has 0 unspecified atom stereocenters. The molecule has 2 aromatic rings. The molecule has 1 saturated heterocycles. The Morgan fingerprint density at radius 2 is 1.81 bits per heavy atom. The third kappa shape index (κ3) is 3.81. The quantitative estimate of drug-likeness (QED) is 0.762. The number of fused-ring (bicyclic) bond motifs is 2. The Labute approximate surface area is 179 Å². The summed E-state index contributed by atoms with van der Waals surface area (Å²) in [5.74, 6) is 0.605. The smallest absolute Gasteiger partial charge is 0.339 e. The molecule has 31 heavy (non-hydrogen) atoms. The van der Waals surface area contributed by atoms with Crippen molar-refractivity contribution in [2.45, 2.75) is 25.4 Å². The van der Waals surface area contributed by atoms with Gasteiger partial charge >= 0.3 is 5.97 Å². The Kier molecular flexibility index (Phi) is 4.97. The third-order valence-corrected chi connectivity index (χ3v) is 6.00. The summed E-state index contributed by atoms with van der Waals surface area (Å²) in [5.41, 5.74) is 1.95. The maximum atomic E-state index is 12.8. The number of nitrogens with one attached hydrogen (secondary N) is 1. The van der Waals surface area contributed by atoms with Gasteiger partial charge in [-0.25, -0.2) is 4.79 Å². The van der Waals surface area contributed by atoms with Crippen LogP contribution in [0.4, 0.5) is 5.69 Å². The van der Waals surface area contributed by atoms with E-state index in [1.54, 1.807) is 35.2 Å². The Balaban J connectivity index is 1.14. The minimum absolute atomic E-state index is 0.0652. The third-order valence-electron chi connectivity index (χ3n) is 6.00. The van der Waals surface area contributed by atoms with E-state index >= 15 is 0 Å². The highest BCUT2D eigenvalue weighted by molar-refractivity contribution is 5.95. The number of esters is 1. The molecule has 8 heteroatoms. The van der Waals surface area contributed by atoms with E-state index in [-0.39, 0.29) is 36.9 Å². The predicted molar refractivity (Wildman–Crippen MR) is 110 cm³/mol. The average molecular weight is 422 g/mol. The summed E-state index contributed by atoms with van der Waals surface area (Å²) in [6, 6.07) is 12.5. The van der Waals surface area contributed by atoms with Crippen molar-refractivity contribution in [3.8, 4) is 11.5 Å². The summed E-state index contributed by atoms with van der Waals surface area (Å²) in [7, 11) is 0. The van der Waals surface area contributed by atoms with Crippen molar-refractivity contribution >= 4 is 23.5 Å². The van der Waals surface area contributed by atoms with Crippen molar-refractivity contribution in [2.75, 3.05) is 25.2 Å². The number of benzene rings is 2. The summed E-state index contributed by atoms with van der Waals surface area (Å²) >= 11 is 0. The summed E-state index contributed by atoms with van der Waals surface area (Å²) in [4.78, 5) is 39.1. The highest BCUT2D eigenvalue weighted by Gasteiger charge is 2.34. The molecule has 3 aliphatic heterocycles. The van der Waals surface area contributed by atoms with Crippen LogP contribution in [0.2, 0.25) is 0 Å². The van der Waals surface area contributed by atoms with Crippen molar-refractivity contribution in [2.24, 2.45) is 5.92 Å². The molecule has 0 radical (unpaired) electrons. The van der Waals surface area contributed by atoms with Crippen molar-refractivity contribution in [3.63, 3.8) is 0 Å². The summed E-state index contributed by atoms with van der Waals surface area (Å²) < 4.78 is 16.0. The number of rotatable bonds is 4. The van der Waals surface area contributed by atoms with E-state index in [2.05, 4.69) is 5.32 Å². The van der Waals surface area contributed by atoms with Gasteiger partial charge in [0.1, 0.15) is 6.10 Å². The van der Waals surface area contributed by atoms with Gasteiger partial charge in [-0.1, -0.05) is 18.2 Å². The number of cyclic esters (lactones) is 1. The number of carbonyl (C=O) groups excluding carboxylic acids is 3. The lowest BCUT2D eigenvalue weighted by atomic mass is 9.95. The molecule has 1 fully saturated rings. The zero-order valence-electron chi connectivity index (χ0n) is 16.8. The first-order chi connectivity index (χ1) is 15.1. The fraction of sp³-hybridized carbons (Fsp3) is 0.348. The zero-order valence-corrected chi connectivity index (χ0v) is 16.8. The molecule has 0 aliphatic carbocycles. The highest BCUT2D eigenvalue weighted by Crippen LogP contribution is 2.35. The number of piperidine rings is 1. The lowest BCUT2D eigenvalue weighted by Gasteiger charge is -2.32. The Morgan fingerprint density at radius 3 is 2.65 bits per heavy atom. The molecule has 2 amide bonds. The van der Waals surface area contributed by atoms with Crippen LogP contribution in [0.25, 0.3) is 0 Å². The minimum atomic E-state index is -0.539. The molecule has 160 valence electrons. The van der Waals surface area contributed by atoms with E-state index < -0.39 is 6.10 Å². The molecule has 8 nitrogen and oxygen atoms in total. The molecule has 0 bridgehead atoms. The number of carbonyl (C=O) groups is 3. The van der Waals surface area contributed by atoms with E-state index in [1.807, 2.05) is 12.1 Å². The topological polar surface area (TPSA) is 94.2 Å². The number of hydrogen-bond donors (Lipinski definition) is 1. The van der Waals surface area contributed by atoms with E-state index in [9.17, 15) is 14.4 Å². The fourth-order valence-corrected chi connectivity index (χ4v) is 4.27. The highest BCUT2D eigenvalue weighted by atomic mass is 16.7. The van der Waals surface area contributed by atoms with Crippen LogP contribution in [-0.4, -0.2) is 42.6 Å². The number of ether oxygens (including phenoxy) is 3. The fourth-order valence-electron chi connectivity index (χ4n) is 4.27. The molecule has 1 N–H and O–H groups in total. The van der Waals surface area contributed by atoms with Crippen LogP contribution in [0.1, 0.15) is 41.3 Å². The van der Waals surface area contributed by atoms with E-state index in [0.29, 0.717) is 48.7 Å². The van der Waals surface area contributed by atoms with Crippen molar-refractivity contribution in [3.05, 3.63) is 53.6 Å². The normalized spacial score (nSPS) is 19.7. The van der Waals surface area contributed by atoms with Gasteiger partial charge in [0.2, 0.25) is 18.6 Å². The van der Waals surface area contributed by atoms with Gasteiger partial charge in [-0.2, -0.15) is 0 Å². The number of anilines is 1. The van der Waals surface area contributed by atoms with Gasteiger partial charge in [0.15, 0.2) is 11.5 Å². The second-order valence-electron chi connectivity index (χ2n) is 7.90. The summed E-state index contributed by atoms with van der Waals surface area (Å²) in [6.07, 6.45) is 0.756. The molecule has 0 saturated carbocycles. The number of likely N-dealkylation sites (tertiary alicyclic amines) is 1. The van der Waals surface area contributed by atoms with Crippen LogP contribution in [0.15, 0.2) is 42.5 Å². The Morgan fingerprint density at radius 1 is 1.03 bits per heavy atom. The van der Waals surface area contributed by atoms with Crippen LogP contribution in [0.3, 0.4) is 0 Å². The first-order valence-electron chi connectivity index (χ1n) is 10.4.